The van der Waals surface area contributed by atoms with Gasteiger partial charge in [-0.25, -0.2) is 4.98 Å². The van der Waals surface area contributed by atoms with Crippen molar-refractivity contribution in [2.75, 3.05) is 5.32 Å². The molecule has 0 aliphatic rings. The van der Waals surface area contributed by atoms with Gasteiger partial charge >= 0.3 is 0 Å². The Bertz CT molecular complexity index is 1220. The Hall–Kier alpha value is -3.90. The number of carbonyl (C=O) groups excluding carboxylic acids is 2. The van der Waals surface area contributed by atoms with Gasteiger partial charge in [0.05, 0.1) is 6.33 Å². The van der Waals surface area contributed by atoms with Crippen LogP contribution >= 0.6 is 11.6 Å². The van der Waals surface area contributed by atoms with E-state index in [1.165, 1.54) is 0 Å². The topological polar surface area (TPSA) is 76.0 Å². The molecule has 0 aliphatic heterocycles. The number of imidazole rings is 1. The third kappa shape index (κ3) is 5.42. The molecule has 7 heteroatoms. The molecule has 0 aliphatic carbocycles. The average molecular weight is 445 g/mol. The number of benzene rings is 3. The van der Waals surface area contributed by atoms with Crippen LogP contribution in [0.5, 0.6) is 0 Å². The maximum absolute atomic E-state index is 12.4. The fourth-order valence-corrected chi connectivity index (χ4v) is 3.37. The van der Waals surface area contributed by atoms with Crippen molar-refractivity contribution in [3.63, 3.8) is 0 Å². The highest BCUT2D eigenvalue weighted by Gasteiger charge is 2.10. The number of rotatable bonds is 7. The number of nitrogens with one attached hydrogen (secondary N) is 2. The molecule has 1 heterocycles. The van der Waals surface area contributed by atoms with Gasteiger partial charge in [0.15, 0.2) is 0 Å². The van der Waals surface area contributed by atoms with Crippen molar-refractivity contribution in [3.05, 3.63) is 119 Å². The number of carbonyl (C=O) groups is 2. The molecule has 0 atom stereocenters. The van der Waals surface area contributed by atoms with Crippen molar-refractivity contribution in [2.45, 2.75) is 13.1 Å². The van der Waals surface area contributed by atoms with Gasteiger partial charge in [-0.1, -0.05) is 60.1 Å². The molecule has 0 saturated heterocycles. The van der Waals surface area contributed by atoms with E-state index in [1.807, 2.05) is 65.2 Å². The summed E-state index contributed by atoms with van der Waals surface area (Å²) in [5.41, 5.74) is 3.52. The summed E-state index contributed by atoms with van der Waals surface area (Å²) in [5.74, 6) is -0.414. The normalized spacial score (nSPS) is 10.5. The molecule has 2 amide bonds. The lowest BCUT2D eigenvalue weighted by Gasteiger charge is -2.07. The van der Waals surface area contributed by atoms with Crippen LogP contribution in [0.15, 0.2) is 91.4 Å². The van der Waals surface area contributed by atoms with Crippen molar-refractivity contribution >= 4 is 29.1 Å². The highest BCUT2D eigenvalue weighted by Crippen LogP contribution is 2.15. The molecule has 0 unspecified atom stereocenters. The molecule has 4 rings (SSSR count). The van der Waals surface area contributed by atoms with Crippen molar-refractivity contribution < 1.29 is 9.59 Å². The molecular formula is C25H21ClN4O2. The van der Waals surface area contributed by atoms with Gasteiger partial charge in [0.25, 0.3) is 11.8 Å². The summed E-state index contributed by atoms with van der Waals surface area (Å²) >= 11 is 6.12. The van der Waals surface area contributed by atoms with Gasteiger partial charge < -0.3 is 15.2 Å². The summed E-state index contributed by atoms with van der Waals surface area (Å²) < 4.78 is 1.84. The molecule has 4 aromatic rings. The highest BCUT2D eigenvalue weighted by molar-refractivity contribution is 6.31. The van der Waals surface area contributed by atoms with Gasteiger partial charge in [0.2, 0.25) is 0 Å². The van der Waals surface area contributed by atoms with E-state index >= 15 is 0 Å². The Morgan fingerprint density at radius 3 is 2.34 bits per heavy atom. The molecule has 0 bridgehead atoms. The van der Waals surface area contributed by atoms with E-state index in [9.17, 15) is 9.59 Å². The summed E-state index contributed by atoms with van der Waals surface area (Å²) in [6.45, 7) is 0.888. The zero-order chi connectivity index (χ0) is 22.3. The predicted octanol–water partition coefficient (Wildman–Crippen LogP) is 4.77. The van der Waals surface area contributed by atoms with Crippen molar-refractivity contribution in [1.29, 1.82) is 0 Å². The Kier molecular flexibility index (Phi) is 6.63. The first-order valence-corrected chi connectivity index (χ1v) is 10.4. The number of anilines is 1. The number of amides is 2. The van der Waals surface area contributed by atoms with Gasteiger partial charge in [0, 0.05) is 35.6 Å². The number of halogens is 1. The van der Waals surface area contributed by atoms with Crippen LogP contribution < -0.4 is 10.6 Å². The molecule has 0 saturated carbocycles. The van der Waals surface area contributed by atoms with Crippen LogP contribution in [-0.2, 0) is 13.1 Å². The first-order chi connectivity index (χ1) is 15.6. The van der Waals surface area contributed by atoms with E-state index in [2.05, 4.69) is 15.6 Å². The lowest BCUT2D eigenvalue weighted by atomic mass is 10.2. The van der Waals surface area contributed by atoms with Crippen LogP contribution in [-0.4, -0.2) is 21.4 Å². The third-order valence-electron chi connectivity index (χ3n) is 4.88. The molecule has 32 heavy (non-hydrogen) atoms. The molecular weight excluding hydrogens is 424 g/mol. The quantitative estimate of drug-likeness (QED) is 0.431. The van der Waals surface area contributed by atoms with Crippen LogP contribution in [0.1, 0.15) is 32.0 Å². The van der Waals surface area contributed by atoms with E-state index in [4.69, 9.17) is 11.6 Å². The Morgan fingerprint density at radius 1 is 0.875 bits per heavy atom. The second-order valence-electron chi connectivity index (χ2n) is 7.22. The van der Waals surface area contributed by atoms with Crippen molar-refractivity contribution in [1.82, 2.24) is 14.9 Å². The minimum Gasteiger partial charge on any atom is -0.347 e. The zero-order valence-corrected chi connectivity index (χ0v) is 17.9. The summed E-state index contributed by atoms with van der Waals surface area (Å²) in [6.07, 6.45) is 3.32. The lowest BCUT2D eigenvalue weighted by molar-refractivity contribution is 0.0945. The molecule has 1 aromatic heterocycles. The summed E-state index contributed by atoms with van der Waals surface area (Å²) in [7, 11) is 0. The van der Waals surface area contributed by atoms with Gasteiger partial charge in [-0.15, -0.1) is 0 Å². The zero-order valence-electron chi connectivity index (χ0n) is 17.2. The minimum absolute atomic E-state index is 0.152. The van der Waals surface area contributed by atoms with Crippen LogP contribution in [0.3, 0.4) is 0 Å². The van der Waals surface area contributed by atoms with E-state index in [-0.39, 0.29) is 11.8 Å². The Morgan fingerprint density at radius 2 is 1.59 bits per heavy atom. The molecule has 6 nitrogen and oxygen atoms in total. The van der Waals surface area contributed by atoms with Crippen LogP contribution in [0.4, 0.5) is 5.69 Å². The third-order valence-corrected chi connectivity index (χ3v) is 5.24. The van der Waals surface area contributed by atoms with E-state index in [0.29, 0.717) is 35.1 Å². The average Bonchev–Trinajstić information content (AvgIpc) is 3.29. The van der Waals surface area contributed by atoms with Gasteiger partial charge in [-0.3, -0.25) is 9.59 Å². The second kappa shape index (κ2) is 9.94. The molecule has 160 valence electrons. The predicted molar refractivity (Wildman–Crippen MR) is 125 cm³/mol. The Balaban J connectivity index is 1.32. The molecule has 2 N–H and O–H groups in total. The minimum atomic E-state index is -0.261. The molecule has 3 aromatic carbocycles. The van der Waals surface area contributed by atoms with Gasteiger partial charge in [-0.2, -0.15) is 0 Å². The summed E-state index contributed by atoms with van der Waals surface area (Å²) in [6, 6.07) is 24.0. The lowest BCUT2D eigenvalue weighted by Crippen LogP contribution is -2.23. The number of hydrogen-bond acceptors (Lipinski definition) is 3. The smallest absolute Gasteiger partial charge is 0.271 e. The fourth-order valence-electron chi connectivity index (χ4n) is 3.17. The second-order valence-corrected chi connectivity index (χ2v) is 7.63. The fraction of sp³-hybridized carbons (Fsp3) is 0.0800. The van der Waals surface area contributed by atoms with Crippen LogP contribution in [0.2, 0.25) is 5.02 Å². The van der Waals surface area contributed by atoms with Crippen LogP contribution in [0.25, 0.3) is 0 Å². The molecule has 0 fully saturated rings. The number of hydrogen-bond donors (Lipinski definition) is 2. The van der Waals surface area contributed by atoms with Crippen molar-refractivity contribution in [2.24, 2.45) is 0 Å². The van der Waals surface area contributed by atoms with E-state index < -0.39 is 0 Å². The monoisotopic (exact) mass is 444 g/mol. The highest BCUT2D eigenvalue weighted by atomic mass is 35.5. The van der Waals surface area contributed by atoms with Crippen molar-refractivity contribution in [3.8, 4) is 0 Å². The van der Waals surface area contributed by atoms with E-state index in [1.54, 1.807) is 30.7 Å². The summed E-state index contributed by atoms with van der Waals surface area (Å²) in [5, 5.41) is 6.33. The maximum atomic E-state index is 12.4. The first-order valence-electron chi connectivity index (χ1n) is 10.1. The van der Waals surface area contributed by atoms with Gasteiger partial charge in [-0.05, 0) is 41.5 Å². The number of nitrogens with zero attached hydrogens (tertiary/aromatic N) is 2. The summed E-state index contributed by atoms with van der Waals surface area (Å²) in [4.78, 5) is 28.8. The standard InChI is InChI=1S/C25H21ClN4O2/c26-22-9-5-4-8-20(22)14-27-25(32)23-16-30(17-28-23)15-18-10-12-21(13-11-18)29-24(31)19-6-2-1-3-7-19/h1-13,16-17H,14-15H2,(H,27,32)(H,29,31). The number of aromatic nitrogens is 2. The van der Waals surface area contributed by atoms with Crippen LogP contribution in [0, 0.1) is 0 Å². The molecule has 0 radical (unpaired) electrons. The Labute approximate surface area is 190 Å². The van der Waals surface area contributed by atoms with E-state index in [0.717, 1.165) is 11.1 Å². The molecule has 0 spiro atoms. The van der Waals surface area contributed by atoms with Gasteiger partial charge in [0.1, 0.15) is 5.69 Å². The largest absolute Gasteiger partial charge is 0.347 e. The first kappa shape index (κ1) is 21.3. The maximum Gasteiger partial charge on any atom is 0.271 e. The SMILES string of the molecule is O=C(Nc1ccc(Cn2cnc(C(=O)NCc3ccccc3Cl)c2)cc1)c1ccccc1.